The van der Waals surface area contributed by atoms with E-state index in [1.54, 1.807) is 24.1 Å². The maximum atomic E-state index is 15.6. The molecule has 1 aromatic carbocycles. The summed E-state index contributed by atoms with van der Waals surface area (Å²) in [6.07, 6.45) is -8.79. The fourth-order valence-electron chi connectivity index (χ4n) is 9.55. The van der Waals surface area contributed by atoms with Gasteiger partial charge in [-0.05, 0) is 137 Å². The minimum atomic E-state index is -8.63. The number of unbranched alkanes of at least 4 members (excludes halogenated alkanes) is 3. The summed E-state index contributed by atoms with van der Waals surface area (Å²) in [5.41, 5.74) is 1.86. The van der Waals surface area contributed by atoms with E-state index in [4.69, 9.17) is 0 Å². The van der Waals surface area contributed by atoms with E-state index in [0.717, 1.165) is 30.4 Å². The molecule has 1 unspecified atom stereocenters. The summed E-state index contributed by atoms with van der Waals surface area (Å²) in [4.78, 5) is 1.72. The summed E-state index contributed by atoms with van der Waals surface area (Å²) < 4.78 is 245. The summed E-state index contributed by atoms with van der Waals surface area (Å²) >= 11 is 0. The number of nitrogens with zero attached hydrogens (tertiary/aromatic N) is 1. The Hall–Kier alpha value is -2.32. The Bertz CT molecular complexity index is 1590. The number of hydrogen-bond donors (Lipinski definition) is 2. The van der Waals surface area contributed by atoms with Crippen LogP contribution in [0.5, 0.6) is 5.75 Å². The lowest BCUT2D eigenvalue weighted by molar-refractivity contribution is -0.461. The van der Waals surface area contributed by atoms with Crippen LogP contribution in [0.3, 0.4) is 0 Å². The number of halogens is 18. The largest absolute Gasteiger partial charge is 0.508 e. The van der Waals surface area contributed by atoms with Gasteiger partial charge >= 0.3 is 47.6 Å². The molecule has 21 heteroatoms. The van der Waals surface area contributed by atoms with E-state index >= 15 is 4.39 Å². The Labute approximate surface area is 328 Å². The summed E-state index contributed by atoms with van der Waals surface area (Å²) in [5.74, 6) is -55.6. The standard InChI is InChI=1S/C38H47F18NO2/c1-30-15-13-26-25-10-9-24(58)20-21(25)18-22(29(26)27(30)11-12-28(30)59)19-23(39)8-7-17-57(2)16-6-4-3-5-14-31(40,41)32(42,43)33(44,45)34(46,47)35(48,49)36(50,51)37(52,53)38(54,55)56/h9-10,20,22-23,26-29,58-59H,3-8,11-19H2,1-2H3/t22-,23?,26+,27-,28-,29+,30-/m0/s1. The number of rotatable bonds is 19. The number of fused-ring (bicyclic) bond motifs is 5. The fourth-order valence-corrected chi connectivity index (χ4v) is 9.55. The first-order valence-corrected chi connectivity index (χ1v) is 19.3. The lowest BCUT2D eigenvalue weighted by atomic mass is 9.52. The molecule has 0 radical (unpaired) electrons. The van der Waals surface area contributed by atoms with Crippen molar-refractivity contribution in [3.63, 3.8) is 0 Å². The monoisotopic (exact) mass is 891 g/mol. The molecule has 1 aromatic rings. The van der Waals surface area contributed by atoms with Crippen LogP contribution in [0.25, 0.3) is 0 Å². The van der Waals surface area contributed by atoms with Crippen LogP contribution in [-0.4, -0.2) is 95.2 Å². The molecule has 0 aliphatic heterocycles. The molecule has 7 atom stereocenters. The lowest BCUT2D eigenvalue weighted by Crippen LogP contribution is -2.74. The van der Waals surface area contributed by atoms with Gasteiger partial charge < -0.3 is 15.1 Å². The van der Waals surface area contributed by atoms with Crippen LogP contribution in [-0.2, 0) is 6.42 Å². The predicted molar refractivity (Wildman–Crippen MR) is 178 cm³/mol. The molecule has 0 saturated heterocycles. The van der Waals surface area contributed by atoms with E-state index in [1.165, 1.54) is 0 Å². The molecular weight excluding hydrogens is 844 g/mol. The number of aliphatic hydroxyl groups excluding tert-OH is 1. The molecule has 342 valence electrons. The van der Waals surface area contributed by atoms with Crippen molar-refractivity contribution >= 4 is 0 Å². The van der Waals surface area contributed by atoms with Crippen molar-refractivity contribution in [1.82, 2.24) is 4.90 Å². The first-order chi connectivity index (χ1) is 26.7. The molecule has 4 rings (SSSR count). The minimum Gasteiger partial charge on any atom is -0.508 e. The number of phenols is 1. The molecule has 0 amide bonds. The highest BCUT2D eigenvalue weighted by atomic mass is 19.4. The zero-order chi connectivity index (χ0) is 45.0. The second kappa shape index (κ2) is 16.8. The van der Waals surface area contributed by atoms with Gasteiger partial charge in [-0.1, -0.05) is 25.8 Å². The second-order valence-corrected chi connectivity index (χ2v) is 16.9. The van der Waals surface area contributed by atoms with Crippen LogP contribution < -0.4 is 0 Å². The minimum absolute atomic E-state index is 0.0334. The van der Waals surface area contributed by atoms with Crippen LogP contribution >= 0.6 is 0 Å². The van der Waals surface area contributed by atoms with Crippen LogP contribution in [0.2, 0.25) is 0 Å². The number of aliphatic hydroxyl groups is 1. The van der Waals surface area contributed by atoms with E-state index in [9.17, 15) is 84.9 Å². The van der Waals surface area contributed by atoms with E-state index in [0.29, 0.717) is 25.8 Å². The number of phenolic OH excluding ortho intramolecular Hbond substituents is 1. The van der Waals surface area contributed by atoms with Crippen LogP contribution in [0, 0.1) is 23.2 Å². The van der Waals surface area contributed by atoms with Crippen molar-refractivity contribution < 1.29 is 89.2 Å². The van der Waals surface area contributed by atoms with Gasteiger partial charge in [0.2, 0.25) is 0 Å². The molecule has 2 N–H and O–H groups in total. The Kier molecular flexibility index (Phi) is 14.0. The molecule has 0 heterocycles. The lowest BCUT2D eigenvalue weighted by Gasteiger charge is -2.53. The summed E-state index contributed by atoms with van der Waals surface area (Å²) in [6.45, 7) is 2.69. The smallest absolute Gasteiger partial charge is 0.460 e. The molecule has 2 saturated carbocycles. The highest BCUT2D eigenvalue weighted by Gasteiger charge is 2.95. The van der Waals surface area contributed by atoms with Gasteiger partial charge in [0.15, 0.2) is 0 Å². The average Bonchev–Trinajstić information content (AvgIpc) is 3.41. The van der Waals surface area contributed by atoms with E-state index in [-0.39, 0.29) is 67.1 Å². The number of benzene rings is 1. The van der Waals surface area contributed by atoms with Gasteiger partial charge in [0.1, 0.15) is 11.9 Å². The summed E-state index contributed by atoms with van der Waals surface area (Å²) in [5, 5.41) is 21.0. The van der Waals surface area contributed by atoms with Crippen molar-refractivity contribution in [1.29, 1.82) is 0 Å². The molecular formula is C38H47F18NO2. The third-order valence-electron chi connectivity index (χ3n) is 13.0. The molecule has 0 bridgehead atoms. The molecule has 2 fully saturated rings. The number of alkyl halides is 18. The van der Waals surface area contributed by atoms with Gasteiger partial charge in [0.25, 0.3) is 0 Å². The van der Waals surface area contributed by atoms with Crippen molar-refractivity contribution in [2.75, 3.05) is 20.1 Å². The van der Waals surface area contributed by atoms with Gasteiger partial charge in [0.05, 0.1) is 6.10 Å². The molecule has 59 heavy (non-hydrogen) atoms. The van der Waals surface area contributed by atoms with Crippen molar-refractivity contribution in [2.45, 2.75) is 156 Å². The Morgan fingerprint density at radius 3 is 1.85 bits per heavy atom. The molecule has 0 spiro atoms. The summed E-state index contributed by atoms with van der Waals surface area (Å²) in [6, 6.07) is 5.30. The van der Waals surface area contributed by atoms with Gasteiger partial charge in [-0.2, -0.15) is 74.6 Å². The number of aromatic hydroxyl groups is 1. The fraction of sp³-hybridized carbons (Fsp3) is 0.842. The van der Waals surface area contributed by atoms with E-state index < -0.39 is 79.2 Å². The average molecular weight is 892 g/mol. The highest BCUT2D eigenvalue weighted by molar-refractivity contribution is 5.41. The summed E-state index contributed by atoms with van der Waals surface area (Å²) in [7, 11) is 1.62. The van der Waals surface area contributed by atoms with Crippen molar-refractivity contribution in [3.8, 4) is 5.75 Å². The molecule has 3 aliphatic rings. The molecule has 3 aliphatic carbocycles. The quantitative estimate of drug-likeness (QED) is 0.107. The predicted octanol–water partition coefficient (Wildman–Crippen LogP) is 12.2. The van der Waals surface area contributed by atoms with Gasteiger partial charge in [-0.3, -0.25) is 0 Å². The topological polar surface area (TPSA) is 43.7 Å². The first kappa shape index (κ1) is 49.3. The van der Waals surface area contributed by atoms with E-state index in [1.807, 2.05) is 6.07 Å². The zero-order valence-corrected chi connectivity index (χ0v) is 31.9. The Morgan fingerprint density at radius 2 is 1.25 bits per heavy atom. The van der Waals surface area contributed by atoms with Gasteiger partial charge in [0, 0.05) is 6.42 Å². The number of hydrogen-bond acceptors (Lipinski definition) is 3. The van der Waals surface area contributed by atoms with Gasteiger partial charge in [-0.25, -0.2) is 4.39 Å². The molecule has 3 nitrogen and oxygen atoms in total. The Balaban J connectivity index is 1.24. The van der Waals surface area contributed by atoms with E-state index in [2.05, 4.69) is 6.92 Å². The second-order valence-electron chi connectivity index (χ2n) is 16.9. The highest BCUT2D eigenvalue weighted by Crippen LogP contribution is 2.65. The molecule has 0 aromatic heterocycles. The third kappa shape index (κ3) is 8.59. The maximum Gasteiger partial charge on any atom is 0.460 e. The third-order valence-corrected chi connectivity index (χ3v) is 13.0. The SMILES string of the molecule is CN(CCCCCCC(F)(F)C(F)(F)C(F)(F)C(F)(F)C(F)(F)C(F)(F)C(F)(F)C(F)(F)F)CCCC(F)C[C@@H]1Cc2cc(O)ccc2[C@H]2CC[C@]3(C)[C@@H](O)CC[C@H]3[C@H]12. The zero-order valence-electron chi connectivity index (χ0n) is 31.9. The van der Waals surface area contributed by atoms with Gasteiger partial charge in [-0.15, -0.1) is 0 Å². The van der Waals surface area contributed by atoms with Crippen molar-refractivity contribution in [2.24, 2.45) is 23.2 Å². The Morgan fingerprint density at radius 1 is 0.712 bits per heavy atom. The van der Waals surface area contributed by atoms with Crippen LogP contribution in [0.4, 0.5) is 79.0 Å². The first-order valence-electron chi connectivity index (χ1n) is 19.3. The maximum absolute atomic E-state index is 15.6. The van der Waals surface area contributed by atoms with Crippen molar-refractivity contribution in [3.05, 3.63) is 29.3 Å². The van der Waals surface area contributed by atoms with Crippen LogP contribution in [0.15, 0.2) is 18.2 Å². The van der Waals surface area contributed by atoms with Crippen LogP contribution in [0.1, 0.15) is 101 Å². The normalized spacial score (nSPS) is 26.8.